The molecule has 2 aliphatic heterocycles. The average Bonchev–Trinajstić information content (AvgIpc) is 2.62. The molecule has 120 valence electrons. The van der Waals surface area contributed by atoms with E-state index in [0.717, 1.165) is 25.3 Å². The van der Waals surface area contributed by atoms with Crippen LogP contribution in [0.3, 0.4) is 0 Å². The Balaban J connectivity index is 1.61. The zero-order chi connectivity index (χ0) is 16.4. The fourth-order valence-electron chi connectivity index (χ4n) is 3.57. The van der Waals surface area contributed by atoms with Gasteiger partial charge >= 0.3 is 0 Å². The molecular formula is C20H19N3O. The summed E-state index contributed by atoms with van der Waals surface area (Å²) in [5.74, 6) is 0. The van der Waals surface area contributed by atoms with E-state index in [4.69, 9.17) is 10.00 Å². The van der Waals surface area contributed by atoms with Gasteiger partial charge in [-0.1, -0.05) is 42.5 Å². The molecule has 4 rings (SSSR count). The Morgan fingerprint density at radius 1 is 1.12 bits per heavy atom. The number of benzene rings is 1. The van der Waals surface area contributed by atoms with Crippen LogP contribution in [0.15, 0.2) is 54.6 Å². The number of hydrogen-bond donors (Lipinski definition) is 0. The van der Waals surface area contributed by atoms with Crippen LogP contribution in [0.1, 0.15) is 23.4 Å². The van der Waals surface area contributed by atoms with Crippen molar-refractivity contribution in [2.75, 3.05) is 13.2 Å². The molecule has 0 radical (unpaired) electrons. The fourth-order valence-corrected chi connectivity index (χ4v) is 3.57. The topological polar surface area (TPSA) is 49.1 Å². The van der Waals surface area contributed by atoms with Crippen molar-refractivity contribution in [3.63, 3.8) is 0 Å². The van der Waals surface area contributed by atoms with Crippen LogP contribution in [-0.4, -0.2) is 35.2 Å². The summed E-state index contributed by atoms with van der Waals surface area (Å²) in [7, 11) is 0. The molecule has 4 nitrogen and oxygen atoms in total. The van der Waals surface area contributed by atoms with E-state index in [1.54, 1.807) is 6.07 Å². The van der Waals surface area contributed by atoms with E-state index >= 15 is 0 Å². The summed E-state index contributed by atoms with van der Waals surface area (Å²) in [6, 6.07) is 19.0. The van der Waals surface area contributed by atoms with E-state index in [1.165, 1.54) is 11.1 Å². The van der Waals surface area contributed by atoms with Gasteiger partial charge < -0.3 is 4.74 Å². The van der Waals surface area contributed by atoms with Gasteiger partial charge in [0, 0.05) is 12.6 Å². The van der Waals surface area contributed by atoms with E-state index in [2.05, 4.69) is 52.4 Å². The van der Waals surface area contributed by atoms with Gasteiger partial charge in [-0.15, -0.1) is 0 Å². The first kappa shape index (κ1) is 15.1. The summed E-state index contributed by atoms with van der Waals surface area (Å²) in [6.45, 7) is 2.40. The lowest BCUT2D eigenvalue weighted by Crippen LogP contribution is -2.53. The van der Waals surface area contributed by atoms with Crippen molar-refractivity contribution in [3.05, 3.63) is 71.6 Å². The average molecular weight is 317 g/mol. The molecule has 0 N–H and O–H groups in total. The predicted octanol–water partition coefficient (Wildman–Crippen LogP) is 3.01. The summed E-state index contributed by atoms with van der Waals surface area (Å²) >= 11 is 0. The lowest BCUT2D eigenvalue weighted by Gasteiger charge is -2.44. The number of nitriles is 1. The second-order valence-electron chi connectivity index (χ2n) is 6.33. The number of rotatable bonds is 3. The Hall–Kier alpha value is -2.48. The standard InChI is InChI=1S/C20H19N3O/c21-11-17-7-4-8-20(22-17)16-9-18-13-24-14-19(10-16)23(18)12-15-5-2-1-3-6-15/h1-9,18-19H,10,12-14H2. The third kappa shape index (κ3) is 2.96. The zero-order valence-corrected chi connectivity index (χ0v) is 13.4. The molecule has 3 heterocycles. The molecule has 0 aliphatic carbocycles. The Morgan fingerprint density at radius 2 is 2.00 bits per heavy atom. The van der Waals surface area contributed by atoms with E-state index in [9.17, 15) is 0 Å². The summed E-state index contributed by atoms with van der Waals surface area (Å²) in [5.41, 5.74) is 3.96. The summed E-state index contributed by atoms with van der Waals surface area (Å²) in [6.07, 6.45) is 3.17. The monoisotopic (exact) mass is 317 g/mol. The molecule has 24 heavy (non-hydrogen) atoms. The van der Waals surface area contributed by atoms with Gasteiger partial charge in [0.2, 0.25) is 0 Å². The molecule has 1 aromatic carbocycles. The molecular weight excluding hydrogens is 298 g/mol. The Labute approximate surface area is 142 Å². The maximum absolute atomic E-state index is 9.07. The molecule has 0 amide bonds. The highest BCUT2D eigenvalue weighted by Crippen LogP contribution is 2.32. The molecule has 2 aromatic rings. The number of aromatic nitrogens is 1. The number of nitrogens with zero attached hydrogens (tertiary/aromatic N) is 3. The van der Waals surface area contributed by atoms with Crippen molar-refractivity contribution in [1.29, 1.82) is 5.26 Å². The van der Waals surface area contributed by atoms with Crippen LogP contribution >= 0.6 is 0 Å². The van der Waals surface area contributed by atoms with Crippen molar-refractivity contribution in [2.24, 2.45) is 0 Å². The van der Waals surface area contributed by atoms with Gasteiger partial charge in [-0.25, -0.2) is 4.98 Å². The van der Waals surface area contributed by atoms with Gasteiger partial charge in [0.1, 0.15) is 11.8 Å². The normalized spacial score (nSPS) is 23.4. The predicted molar refractivity (Wildman–Crippen MR) is 91.9 cm³/mol. The number of hydrogen-bond acceptors (Lipinski definition) is 4. The van der Waals surface area contributed by atoms with E-state index in [-0.39, 0.29) is 6.04 Å². The minimum absolute atomic E-state index is 0.264. The van der Waals surface area contributed by atoms with Crippen LogP contribution in [-0.2, 0) is 11.3 Å². The number of fused-ring (bicyclic) bond motifs is 2. The lowest BCUT2D eigenvalue weighted by molar-refractivity contribution is -0.0403. The Morgan fingerprint density at radius 3 is 2.79 bits per heavy atom. The smallest absolute Gasteiger partial charge is 0.141 e. The summed E-state index contributed by atoms with van der Waals surface area (Å²) < 4.78 is 5.77. The molecule has 2 unspecified atom stereocenters. The van der Waals surface area contributed by atoms with Crippen LogP contribution in [0.25, 0.3) is 5.57 Å². The number of ether oxygens (including phenoxy) is 1. The molecule has 1 saturated heterocycles. The summed E-state index contributed by atoms with van der Waals surface area (Å²) in [4.78, 5) is 6.99. The van der Waals surface area contributed by atoms with Crippen molar-refractivity contribution >= 4 is 5.57 Å². The number of pyridine rings is 1. The first-order valence-corrected chi connectivity index (χ1v) is 8.29. The number of morpholine rings is 1. The van der Waals surface area contributed by atoms with Crippen LogP contribution in [0.5, 0.6) is 0 Å². The van der Waals surface area contributed by atoms with Gasteiger partial charge in [0.05, 0.1) is 24.9 Å². The second-order valence-corrected chi connectivity index (χ2v) is 6.33. The maximum Gasteiger partial charge on any atom is 0.141 e. The van der Waals surface area contributed by atoms with Gasteiger partial charge in [-0.05, 0) is 29.7 Å². The lowest BCUT2D eigenvalue weighted by atomic mass is 9.91. The molecule has 1 fully saturated rings. The Bertz CT molecular complexity index is 794. The highest BCUT2D eigenvalue weighted by atomic mass is 16.5. The molecule has 4 heteroatoms. The molecule has 2 bridgehead atoms. The molecule has 1 aromatic heterocycles. The fraction of sp³-hybridized carbons (Fsp3) is 0.300. The molecule has 2 aliphatic rings. The van der Waals surface area contributed by atoms with Gasteiger partial charge in [-0.3, -0.25) is 4.90 Å². The van der Waals surface area contributed by atoms with E-state index < -0.39 is 0 Å². The maximum atomic E-state index is 9.07. The van der Waals surface area contributed by atoms with E-state index in [0.29, 0.717) is 18.3 Å². The van der Waals surface area contributed by atoms with Gasteiger partial charge in [0.15, 0.2) is 0 Å². The third-order valence-electron chi connectivity index (χ3n) is 4.74. The van der Waals surface area contributed by atoms with Crippen molar-refractivity contribution in [1.82, 2.24) is 9.88 Å². The summed E-state index contributed by atoms with van der Waals surface area (Å²) in [5, 5.41) is 9.07. The third-order valence-corrected chi connectivity index (χ3v) is 4.74. The van der Waals surface area contributed by atoms with Crippen LogP contribution in [0.2, 0.25) is 0 Å². The highest BCUT2D eigenvalue weighted by molar-refractivity contribution is 5.65. The molecule has 0 spiro atoms. The zero-order valence-electron chi connectivity index (χ0n) is 13.4. The van der Waals surface area contributed by atoms with Crippen molar-refractivity contribution in [3.8, 4) is 6.07 Å². The first-order chi connectivity index (χ1) is 11.8. The highest BCUT2D eigenvalue weighted by Gasteiger charge is 2.35. The molecule has 2 atom stereocenters. The van der Waals surface area contributed by atoms with Crippen LogP contribution < -0.4 is 0 Å². The second kappa shape index (κ2) is 6.56. The molecule has 0 saturated carbocycles. The van der Waals surface area contributed by atoms with Crippen LogP contribution in [0.4, 0.5) is 0 Å². The minimum Gasteiger partial charge on any atom is -0.378 e. The quantitative estimate of drug-likeness (QED) is 0.873. The largest absolute Gasteiger partial charge is 0.378 e. The first-order valence-electron chi connectivity index (χ1n) is 8.29. The SMILES string of the molecule is N#Cc1cccc(C2=CC3COCC(C2)N3Cc2ccccc2)n1. The minimum atomic E-state index is 0.264. The van der Waals surface area contributed by atoms with Gasteiger partial charge in [-0.2, -0.15) is 5.26 Å². The van der Waals surface area contributed by atoms with Crippen molar-refractivity contribution < 1.29 is 4.74 Å². The van der Waals surface area contributed by atoms with E-state index in [1.807, 2.05) is 12.1 Å². The van der Waals surface area contributed by atoms with Crippen LogP contribution in [0, 0.1) is 11.3 Å². The van der Waals surface area contributed by atoms with Gasteiger partial charge in [0.25, 0.3) is 0 Å². The van der Waals surface area contributed by atoms with Crippen molar-refractivity contribution in [2.45, 2.75) is 25.0 Å². The Kier molecular flexibility index (Phi) is 4.12.